The van der Waals surface area contributed by atoms with Crippen LogP contribution in [0, 0.1) is 0 Å². The molecule has 0 saturated heterocycles. The van der Waals surface area contributed by atoms with Crippen molar-refractivity contribution >= 4 is 44.2 Å². The van der Waals surface area contributed by atoms with Gasteiger partial charge in [-0.3, -0.25) is 0 Å². The molecule has 0 amide bonds. The van der Waals surface area contributed by atoms with E-state index in [0.717, 1.165) is 0 Å². The molecule has 0 unspecified atom stereocenters. The molecule has 0 bridgehead atoms. The second-order valence-electron chi connectivity index (χ2n) is 0. The van der Waals surface area contributed by atoms with Crippen LogP contribution >= 0.6 is 0 Å². The van der Waals surface area contributed by atoms with Crippen molar-refractivity contribution in [3.63, 3.8) is 0 Å². The SMILES string of the molecule is [Cd].[GaH3].[O]=[InH]. The molecule has 0 radical (unpaired) electrons. The molecule has 0 aliphatic heterocycles. The van der Waals surface area contributed by atoms with Gasteiger partial charge in [0.25, 0.3) is 0 Å². The van der Waals surface area contributed by atoms with Crippen molar-refractivity contribution in [3.05, 3.63) is 0 Å². The predicted molar refractivity (Wildman–Crippen MR) is 17.8 cm³/mol. The summed E-state index contributed by atoms with van der Waals surface area (Å²) < 4.78 is 8.42. The van der Waals surface area contributed by atoms with Crippen LogP contribution in [0.1, 0.15) is 0 Å². The van der Waals surface area contributed by atoms with Gasteiger partial charge in [-0.25, -0.2) is 0 Å². The van der Waals surface area contributed by atoms with E-state index in [2.05, 4.69) is 0 Å². The van der Waals surface area contributed by atoms with Gasteiger partial charge in [-0.15, -0.1) is 0 Å². The molecule has 1 nitrogen and oxygen atoms in total. The fourth-order valence-corrected chi connectivity index (χ4v) is 0. The maximum absolute atomic E-state index is 8.42. The molecule has 0 N–H and O–H groups in total. The molecular formula is H4CdGaInO. The Hall–Kier alpha value is 2.23. The van der Waals surface area contributed by atoms with E-state index in [1.165, 1.54) is 0 Å². The van der Waals surface area contributed by atoms with Crippen LogP contribution < -0.4 is 0 Å². The van der Waals surface area contributed by atoms with Crippen molar-refractivity contribution in [2.75, 3.05) is 0 Å². The zero-order valence-corrected chi connectivity index (χ0v) is 9.90. The van der Waals surface area contributed by atoms with Gasteiger partial charge in [0.15, 0.2) is 0 Å². The molecule has 0 aromatic rings. The van der Waals surface area contributed by atoms with Crippen molar-refractivity contribution in [1.82, 2.24) is 0 Å². The van der Waals surface area contributed by atoms with Crippen molar-refractivity contribution < 1.29 is 30.2 Å². The average molecular weight is 317 g/mol. The Morgan fingerprint density at radius 2 is 1.25 bits per heavy atom. The second-order valence-corrected chi connectivity index (χ2v) is 0. The third kappa shape index (κ3) is 8.87. The summed E-state index contributed by atoms with van der Waals surface area (Å²) in [5.74, 6) is 0. The van der Waals surface area contributed by atoms with Crippen LogP contribution in [0.5, 0.6) is 0 Å². The van der Waals surface area contributed by atoms with Gasteiger partial charge in [-0.05, 0) is 0 Å². The molecule has 18 valence electrons. The molecule has 0 aromatic carbocycles. The van der Waals surface area contributed by atoms with E-state index in [9.17, 15) is 0 Å². The van der Waals surface area contributed by atoms with Crippen LogP contribution in [0.2, 0.25) is 0 Å². The summed E-state index contributed by atoms with van der Waals surface area (Å²) in [4.78, 5) is 0. The third-order valence-corrected chi connectivity index (χ3v) is 0. The minimum atomic E-state index is -0.1000. The molecule has 0 aliphatic rings. The first-order valence-electron chi connectivity index (χ1n) is 0.289. The molecular weight excluding hydrogens is 313 g/mol. The number of hydrogen-bond donors (Lipinski definition) is 0. The first kappa shape index (κ1) is 16.3. The minimum absolute atomic E-state index is 0. The van der Waals surface area contributed by atoms with E-state index in [1.54, 1.807) is 0 Å². The van der Waals surface area contributed by atoms with Crippen LogP contribution in [0.4, 0.5) is 0 Å². The van der Waals surface area contributed by atoms with E-state index < -0.39 is 0 Å². The van der Waals surface area contributed by atoms with Crippen LogP contribution in [-0.4, -0.2) is 44.2 Å². The molecule has 0 aromatic heterocycles. The van der Waals surface area contributed by atoms with E-state index in [4.69, 9.17) is 2.85 Å². The van der Waals surface area contributed by atoms with Gasteiger partial charge in [0.1, 0.15) is 0 Å². The van der Waals surface area contributed by atoms with E-state index in [0.29, 0.717) is 0 Å². The van der Waals surface area contributed by atoms with Crippen molar-refractivity contribution in [3.8, 4) is 0 Å². The molecule has 0 heterocycles. The summed E-state index contributed by atoms with van der Waals surface area (Å²) in [6, 6.07) is 0. The monoisotopic (exact) mass is 318 g/mol. The standard InChI is InChI=1S/Cd.Ga.In.O.4H. The van der Waals surface area contributed by atoms with Gasteiger partial charge in [-0.2, -0.15) is 0 Å². The van der Waals surface area contributed by atoms with Crippen LogP contribution in [0.25, 0.3) is 0 Å². The maximum atomic E-state index is 8.42. The summed E-state index contributed by atoms with van der Waals surface area (Å²) in [5, 5.41) is 0. The first-order valence-corrected chi connectivity index (χ1v) is 1.94. The topological polar surface area (TPSA) is 17.1 Å². The molecule has 0 saturated carbocycles. The summed E-state index contributed by atoms with van der Waals surface area (Å²) >= 11 is -0.1000. The van der Waals surface area contributed by atoms with Gasteiger partial charge in [0.05, 0.1) is 0 Å². The van der Waals surface area contributed by atoms with Gasteiger partial charge >= 0.3 is 47.0 Å². The summed E-state index contributed by atoms with van der Waals surface area (Å²) in [6.45, 7) is 0. The van der Waals surface area contributed by atoms with Gasteiger partial charge in [-0.1, -0.05) is 0 Å². The molecule has 4 heteroatoms. The second kappa shape index (κ2) is 18.8. The molecule has 0 rings (SSSR count). The van der Waals surface area contributed by atoms with Crippen molar-refractivity contribution in [2.45, 2.75) is 0 Å². The predicted octanol–water partition coefficient (Wildman–Crippen LogP) is -1.95. The first-order chi connectivity index (χ1) is 1.00. The zero-order valence-electron chi connectivity index (χ0n) is 1.82. The number of rotatable bonds is 0. The number of hydrogen-bond acceptors (Lipinski definition) is 1. The Kier molecular flexibility index (Phi) is 76.9. The fraction of sp³-hybridized carbons (Fsp3) is 0. The van der Waals surface area contributed by atoms with Crippen LogP contribution in [-0.2, 0) is 30.2 Å². The molecule has 0 spiro atoms. The van der Waals surface area contributed by atoms with E-state index in [1.807, 2.05) is 0 Å². The molecule has 4 heavy (non-hydrogen) atoms. The fourth-order valence-electron chi connectivity index (χ4n) is 0. The van der Waals surface area contributed by atoms with Crippen molar-refractivity contribution in [1.29, 1.82) is 0 Å². The summed E-state index contributed by atoms with van der Waals surface area (Å²) in [5.41, 5.74) is 0. The Balaban J connectivity index is -0.00000000500. The molecule has 0 atom stereocenters. The molecule has 0 aliphatic carbocycles. The van der Waals surface area contributed by atoms with Crippen LogP contribution in [0.3, 0.4) is 0 Å². The summed E-state index contributed by atoms with van der Waals surface area (Å²) in [7, 11) is 0. The Bertz CT molecular complexity index is 8.00. The Labute approximate surface area is 73.1 Å². The van der Waals surface area contributed by atoms with Gasteiger partial charge in [0, 0.05) is 27.3 Å². The van der Waals surface area contributed by atoms with E-state index in [-0.39, 0.29) is 71.5 Å². The normalized spacial score (nSPS) is 0.750. The van der Waals surface area contributed by atoms with Crippen LogP contribution in [0.15, 0.2) is 0 Å². The third-order valence-electron chi connectivity index (χ3n) is 0. The zero-order chi connectivity index (χ0) is 2.00. The average Bonchev–Trinajstić information content (AvgIpc) is 1.00. The Morgan fingerprint density at radius 3 is 1.25 bits per heavy atom. The Morgan fingerprint density at radius 1 is 1.25 bits per heavy atom. The van der Waals surface area contributed by atoms with Gasteiger partial charge in [0.2, 0.25) is 0 Å². The summed E-state index contributed by atoms with van der Waals surface area (Å²) in [6.07, 6.45) is 0. The van der Waals surface area contributed by atoms with Crippen molar-refractivity contribution in [2.24, 2.45) is 0 Å². The molecule has 0 fully saturated rings. The van der Waals surface area contributed by atoms with E-state index >= 15 is 0 Å². The van der Waals surface area contributed by atoms with Gasteiger partial charge < -0.3 is 0 Å². The quantitative estimate of drug-likeness (QED) is 0.475.